The van der Waals surface area contributed by atoms with Crippen LogP contribution in [0.5, 0.6) is 5.75 Å². The number of anilines is 1. The van der Waals surface area contributed by atoms with E-state index >= 15 is 0 Å². The Kier molecular flexibility index (Phi) is 4.42. The largest absolute Gasteiger partial charge is 0.496 e. The van der Waals surface area contributed by atoms with Crippen LogP contribution in [0.4, 0.5) is 15.0 Å². The molecular weight excluding hydrogens is 277 g/mol. The van der Waals surface area contributed by atoms with Gasteiger partial charge in [-0.05, 0) is 32.0 Å². The van der Waals surface area contributed by atoms with Gasteiger partial charge >= 0.3 is 6.03 Å². The number of aromatic nitrogens is 1. The molecule has 21 heavy (non-hydrogen) atoms. The van der Waals surface area contributed by atoms with Gasteiger partial charge in [-0.3, -0.25) is 5.32 Å². The summed E-state index contributed by atoms with van der Waals surface area (Å²) in [5.74, 6) is 1.00. The smallest absolute Gasteiger partial charge is 0.320 e. The van der Waals surface area contributed by atoms with E-state index < -0.39 is 17.9 Å². The second-order valence-corrected chi connectivity index (χ2v) is 4.53. The molecule has 0 bridgehead atoms. The quantitative estimate of drug-likeness (QED) is 0.908. The lowest BCUT2D eigenvalue weighted by Gasteiger charge is -2.17. The number of hydrogen-bond donors (Lipinski definition) is 2. The van der Waals surface area contributed by atoms with Gasteiger partial charge in [0.2, 0.25) is 0 Å². The maximum atomic E-state index is 13.3. The van der Waals surface area contributed by atoms with Gasteiger partial charge < -0.3 is 14.6 Å². The van der Waals surface area contributed by atoms with Crippen LogP contribution in [0.1, 0.15) is 24.3 Å². The lowest BCUT2D eigenvalue weighted by atomic mass is 10.1. The minimum Gasteiger partial charge on any atom is -0.496 e. The Morgan fingerprint density at radius 3 is 2.81 bits per heavy atom. The lowest BCUT2D eigenvalue weighted by Crippen LogP contribution is -2.31. The molecule has 2 rings (SSSR count). The van der Waals surface area contributed by atoms with Crippen LogP contribution in [-0.4, -0.2) is 18.3 Å². The van der Waals surface area contributed by atoms with Crippen LogP contribution in [0.25, 0.3) is 0 Å². The SMILES string of the molecule is COc1ccc(F)cc1[C@@H](C)NC(=O)Nc1cc(C)on1. The van der Waals surface area contributed by atoms with Gasteiger partial charge in [0, 0.05) is 11.6 Å². The Balaban J connectivity index is 2.05. The molecule has 0 unspecified atom stereocenters. The highest BCUT2D eigenvalue weighted by Crippen LogP contribution is 2.25. The molecule has 1 heterocycles. The molecule has 0 saturated carbocycles. The topological polar surface area (TPSA) is 76.4 Å². The molecule has 1 aromatic carbocycles. The highest BCUT2D eigenvalue weighted by atomic mass is 19.1. The Morgan fingerprint density at radius 2 is 2.19 bits per heavy atom. The fourth-order valence-corrected chi connectivity index (χ4v) is 1.90. The molecule has 0 radical (unpaired) electrons. The summed E-state index contributed by atoms with van der Waals surface area (Å²) in [6, 6.07) is 4.82. The van der Waals surface area contributed by atoms with Gasteiger partial charge in [0.05, 0.1) is 13.2 Å². The monoisotopic (exact) mass is 293 g/mol. The minimum atomic E-state index is -0.470. The fraction of sp³-hybridized carbons (Fsp3) is 0.286. The number of carbonyl (C=O) groups excluding carboxylic acids is 1. The van der Waals surface area contributed by atoms with Crippen molar-refractivity contribution in [2.24, 2.45) is 0 Å². The van der Waals surface area contributed by atoms with Crippen LogP contribution in [0.15, 0.2) is 28.8 Å². The van der Waals surface area contributed by atoms with Gasteiger partial charge in [-0.15, -0.1) is 0 Å². The molecule has 112 valence electrons. The number of ether oxygens (including phenoxy) is 1. The first-order valence-electron chi connectivity index (χ1n) is 6.34. The summed E-state index contributed by atoms with van der Waals surface area (Å²) in [4.78, 5) is 11.9. The molecule has 2 aromatic rings. The predicted octanol–water partition coefficient (Wildman–Crippen LogP) is 3.01. The second kappa shape index (κ2) is 6.25. The number of hydrogen-bond acceptors (Lipinski definition) is 4. The normalized spacial score (nSPS) is 11.8. The molecule has 0 fully saturated rings. The van der Waals surface area contributed by atoms with Gasteiger partial charge in [0.1, 0.15) is 17.3 Å². The van der Waals surface area contributed by atoms with E-state index in [1.54, 1.807) is 19.9 Å². The average Bonchev–Trinajstić information content (AvgIpc) is 2.83. The molecule has 1 atom stereocenters. The average molecular weight is 293 g/mol. The van der Waals surface area contributed by atoms with Crippen LogP contribution in [0.3, 0.4) is 0 Å². The van der Waals surface area contributed by atoms with E-state index in [1.807, 2.05) is 0 Å². The summed E-state index contributed by atoms with van der Waals surface area (Å²) in [5, 5.41) is 8.86. The summed E-state index contributed by atoms with van der Waals surface area (Å²) < 4.78 is 23.3. The molecule has 7 heteroatoms. The van der Waals surface area contributed by atoms with Crippen molar-refractivity contribution in [2.45, 2.75) is 19.9 Å². The number of benzene rings is 1. The van der Waals surface area contributed by atoms with Crippen molar-refractivity contribution in [3.63, 3.8) is 0 Å². The molecule has 6 nitrogen and oxygen atoms in total. The van der Waals surface area contributed by atoms with E-state index in [4.69, 9.17) is 9.26 Å². The number of nitrogens with zero attached hydrogens (tertiary/aromatic N) is 1. The summed E-state index contributed by atoms with van der Waals surface area (Å²) in [6.45, 7) is 3.45. The van der Waals surface area contributed by atoms with E-state index in [-0.39, 0.29) is 0 Å². The first kappa shape index (κ1) is 14.8. The molecule has 0 aliphatic carbocycles. The zero-order valence-corrected chi connectivity index (χ0v) is 11.9. The third kappa shape index (κ3) is 3.71. The maximum absolute atomic E-state index is 13.3. The van der Waals surface area contributed by atoms with E-state index in [9.17, 15) is 9.18 Å². The van der Waals surface area contributed by atoms with Crippen molar-refractivity contribution in [3.8, 4) is 5.75 Å². The number of aryl methyl sites for hydroxylation is 1. The van der Waals surface area contributed by atoms with Crippen molar-refractivity contribution >= 4 is 11.8 Å². The summed E-state index contributed by atoms with van der Waals surface area (Å²) in [7, 11) is 1.49. The summed E-state index contributed by atoms with van der Waals surface area (Å²) >= 11 is 0. The third-order valence-corrected chi connectivity index (χ3v) is 2.88. The first-order chi connectivity index (χ1) is 9.99. The Bertz CT molecular complexity index is 642. The van der Waals surface area contributed by atoms with Gasteiger partial charge in [0.25, 0.3) is 0 Å². The van der Waals surface area contributed by atoms with E-state index in [2.05, 4.69) is 15.8 Å². The summed E-state index contributed by atoms with van der Waals surface area (Å²) in [5.41, 5.74) is 0.545. The number of carbonyl (C=O) groups is 1. The minimum absolute atomic E-state index is 0.309. The van der Waals surface area contributed by atoms with Crippen LogP contribution in [0, 0.1) is 12.7 Å². The van der Waals surface area contributed by atoms with E-state index in [0.29, 0.717) is 22.9 Å². The van der Waals surface area contributed by atoms with Crippen LogP contribution in [-0.2, 0) is 0 Å². The second-order valence-electron chi connectivity index (χ2n) is 4.53. The zero-order chi connectivity index (χ0) is 15.4. The predicted molar refractivity (Wildman–Crippen MR) is 74.8 cm³/mol. The van der Waals surface area contributed by atoms with Crippen molar-refractivity contribution in [2.75, 3.05) is 12.4 Å². The molecule has 0 spiro atoms. The van der Waals surface area contributed by atoms with Crippen LogP contribution >= 0.6 is 0 Å². The number of rotatable bonds is 4. The fourth-order valence-electron chi connectivity index (χ4n) is 1.90. The van der Waals surface area contributed by atoms with Crippen molar-refractivity contribution in [3.05, 3.63) is 41.4 Å². The highest BCUT2D eigenvalue weighted by molar-refractivity contribution is 5.88. The number of methoxy groups -OCH3 is 1. The third-order valence-electron chi connectivity index (χ3n) is 2.88. The molecule has 2 amide bonds. The van der Waals surface area contributed by atoms with E-state index in [0.717, 1.165) is 0 Å². The lowest BCUT2D eigenvalue weighted by molar-refractivity contribution is 0.249. The molecule has 0 saturated heterocycles. The molecular formula is C14H16FN3O3. The molecule has 1 aromatic heterocycles. The van der Waals surface area contributed by atoms with Gasteiger partial charge in [-0.2, -0.15) is 0 Å². The maximum Gasteiger partial charge on any atom is 0.320 e. The van der Waals surface area contributed by atoms with Crippen molar-refractivity contribution < 1.29 is 18.4 Å². The Hall–Kier alpha value is -2.57. The number of halogens is 1. The van der Waals surface area contributed by atoms with Crippen molar-refractivity contribution in [1.29, 1.82) is 0 Å². The van der Waals surface area contributed by atoms with E-state index in [1.165, 1.54) is 25.3 Å². The summed E-state index contributed by atoms with van der Waals surface area (Å²) in [6.07, 6.45) is 0. The molecule has 0 aliphatic heterocycles. The van der Waals surface area contributed by atoms with Crippen LogP contribution in [0.2, 0.25) is 0 Å². The van der Waals surface area contributed by atoms with Crippen molar-refractivity contribution in [1.82, 2.24) is 10.5 Å². The molecule has 0 aliphatic rings. The molecule has 2 N–H and O–H groups in total. The number of nitrogens with one attached hydrogen (secondary N) is 2. The van der Waals surface area contributed by atoms with Gasteiger partial charge in [-0.25, -0.2) is 9.18 Å². The van der Waals surface area contributed by atoms with Gasteiger partial charge in [0.15, 0.2) is 5.82 Å². The number of urea groups is 1. The highest BCUT2D eigenvalue weighted by Gasteiger charge is 2.15. The Morgan fingerprint density at radius 1 is 1.43 bits per heavy atom. The van der Waals surface area contributed by atoms with Crippen LogP contribution < -0.4 is 15.4 Å². The zero-order valence-electron chi connectivity index (χ0n) is 11.9. The standard InChI is InChI=1S/C14H16FN3O3/c1-8-6-13(18-21-8)17-14(19)16-9(2)11-7-10(15)4-5-12(11)20-3/h4-7,9H,1-3H3,(H2,16,17,18,19)/t9-/m1/s1. The number of amides is 2. The Labute approximate surface area is 121 Å². The van der Waals surface area contributed by atoms with Gasteiger partial charge in [-0.1, -0.05) is 5.16 Å². The first-order valence-corrected chi connectivity index (χ1v) is 6.34.